The molecule has 0 aliphatic heterocycles. The molecule has 1 aromatic heterocycles. The SMILES string of the molecule is C=CC(=O)C(=C)CCCN(CCC)c1nc(OC(C)C)nc(CC)c1CCC(=C)C. The van der Waals surface area contributed by atoms with Crippen LogP contribution in [0.15, 0.2) is 37.0 Å². The first-order valence-corrected chi connectivity index (χ1v) is 11.0. The molecule has 5 nitrogen and oxygen atoms in total. The van der Waals surface area contributed by atoms with Crippen LogP contribution < -0.4 is 9.64 Å². The molecule has 0 bridgehead atoms. The summed E-state index contributed by atoms with van der Waals surface area (Å²) >= 11 is 0. The summed E-state index contributed by atoms with van der Waals surface area (Å²) in [6.45, 7) is 23.4. The van der Waals surface area contributed by atoms with Gasteiger partial charge in [0.15, 0.2) is 5.78 Å². The van der Waals surface area contributed by atoms with Crippen LogP contribution in [0.1, 0.15) is 71.6 Å². The van der Waals surface area contributed by atoms with Crippen LogP contribution in [0.5, 0.6) is 6.01 Å². The quantitative estimate of drug-likeness (QED) is 0.275. The molecule has 0 saturated carbocycles. The van der Waals surface area contributed by atoms with Crippen molar-refractivity contribution >= 4 is 11.6 Å². The maximum absolute atomic E-state index is 11.7. The van der Waals surface area contributed by atoms with E-state index in [1.165, 1.54) is 11.6 Å². The lowest BCUT2D eigenvalue weighted by Crippen LogP contribution is -2.29. The summed E-state index contributed by atoms with van der Waals surface area (Å²) in [6.07, 6.45) is 6.39. The van der Waals surface area contributed by atoms with Crippen LogP contribution in [-0.2, 0) is 17.6 Å². The molecule has 0 spiro atoms. The van der Waals surface area contributed by atoms with Crippen LogP contribution in [-0.4, -0.2) is 34.9 Å². The third-order valence-corrected chi connectivity index (χ3v) is 4.76. The van der Waals surface area contributed by atoms with E-state index < -0.39 is 0 Å². The van der Waals surface area contributed by atoms with E-state index in [9.17, 15) is 4.79 Å². The number of hydrogen-bond donors (Lipinski definition) is 0. The fourth-order valence-corrected chi connectivity index (χ4v) is 3.25. The molecule has 0 atom stereocenters. The van der Waals surface area contributed by atoms with Gasteiger partial charge in [-0.25, -0.2) is 0 Å². The first-order chi connectivity index (χ1) is 14.2. The molecule has 166 valence electrons. The summed E-state index contributed by atoms with van der Waals surface area (Å²) in [5.41, 5.74) is 3.95. The lowest BCUT2D eigenvalue weighted by molar-refractivity contribution is -0.111. The molecule has 30 heavy (non-hydrogen) atoms. The van der Waals surface area contributed by atoms with E-state index in [4.69, 9.17) is 14.7 Å². The Labute approximate surface area is 183 Å². The number of ketones is 1. The molecule has 0 amide bonds. The van der Waals surface area contributed by atoms with Crippen LogP contribution >= 0.6 is 0 Å². The largest absolute Gasteiger partial charge is 0.461 e. The molecular formula is C25H39N3O2. The standard InChI is InChI=1S/C25H39N3O2/c1-9-16-28(17-12-13-20(8)23(29)11-3)24-21(15-14-18(4)5)22(10-2)26-25(27-24)30-19(6)7/h11,19H,3-4,8-10,12-17H2,1-2,5-7H3. The number of carbonyl (C=O) groups is 1. The molecule has 0 aromatic carbocycles. The minimum Gasteiger partial charge on any atom is -0.461 e. The summed E-state index contributed by atoms with van der Waals surface area (Å²) < 4.78 is 5.86. The number of nitrogens with zero attached hydrogens (tertiary/aromatic N) is 3. The Morgan fingerprint density at radius 2 is 1.87 bits per heavy atom. The fourth-order valence-electron chi connectivity index (χ4n) is 3.25. The molecule has 0 saturated heterocycles. The molecular weight excluding hydrogens is 374 g/mol. The number of aryl methyl sites for hydroxylation is 1. The molecule has 0 aliphatic carbocycles. The van der Waals surface area contributed by atoms with Gasteiger partial charge in [0, 0.05) is 18.7 Å². The Hall–Kier alpha value is -2.43. The third kappa shape index (κ3) is 8.13. The van der Waals surface area contributed by atoms with Crippen LogP contribution in [0.3, 0.4) is 0 Å². The van der Waals surface area contributed by atoms with E-state index >= 15 is 0 Å². The van der Waals surface area contributed by atoms with E-state index in [2.05, 4.69) is 45.4 Å². The van der Waals surface area contributed by atoms with Gasteiger partial charge in [0.05, 0.1) is 11.8 Å². The topological polar surface area (TPSA) is 55.3 Å². The summed E-state index contributed by atoms with van der Waals surface area (Å²) in [5.74, 6) is 0.864. The van der Waals surface area contributed by atoms with Crippen molar-refractivity contribution in [2.24, 2.45) is 0 Å². The Morgan fingerprint density at radius 1 is 1.17 bits per heavy atom. The number of allylic oxidation sites excluding steroid dienone is 3. The van der Waals surface area contributed by atoms with Gasteiger partial charge in [0.25, 0.3) is 0 Å². The lowest BCUT2D eigenvalue weighted by atomic mass is 10.0. The van der Waals surface area contributed by atoms with Crippen LogP contribution in [0.25, 0.3) is 0 Å². The molecule has 0 N–H and O–H groups in total. The van der Waals surface area contributed by atoms with Gasteiger partial charge in [-0.3, -0.25) is 4.79 Å². The number of rotatable bonds is 15. The maximum Gasteiger partial charge on any atom is 0.318 e. The lowest BCUT2D eigenvalue weighted by Gasteiger charge is -2.27. The Balaban J connectivity index is 3.25. The summed E-state index contributed by atoms with van der Waals surface area (Å²) in [4.78, 5) is 23.6. The molecule has 0 fully saturated rings. The zero-order valence-corrected chi connectivity index (χ0v) is 19.6. The second-order valence-electron chi connectivity index (χ2n) is 7.99. The first kappa shape index (κ1) is 25.6. The minimum absolute atomic E-state index is 0.0108. The first-order valence-electron chi connectivity index (χ1n) is 11.0. The van der Waals surface area contributed by atoms with Crippen LogP contribution in [0, 0.1) is 0 Å². The van der Waals surface area contributed by atoms with Gasteiger partial charge in [-0.05, 0) is 70.9 Å². The summed E-state index contributed by atoms with van der Waals surface area (Å²) in [5, 5.41) is 0. The Morgan fingerprint density at radius 3 is 2.40 bits per heavy atom. The average Bonchev–Trinajstić information content (AvgIpc) is 2.70. The van der Waals surface area contributed by atoms with Crippen LogP contribution in [0.2, 0.25) is 0 Å². The maximum atomic E-state index is 11.7. The monoisotopic (exact) mass is 413 g/mol. The van der Waals surface area contributed by atoms with E-state index in [0.29, 0.717) is 18.0 Å². The second kappa shape index (κ2) is 13.0. The van der Waals surface area contributed by atoms with E-state index in [0.717, 1.165) is 62.3 Å². The molecule has 5 heteroatoms. The predicted octanol–water partition coefficient (Wildman–Crippen LogP) is 5.64. The molecule has 0 aliphatic rings. The number of aromatic nitrogens is 2. The van der Waals surface area contributed by atoms with Crippen molar-refractivity contribution in [3.63, 3.8) is 0 Å². The van der Waals surface area contributed by atoms with E-state index in [1.54, 1.807) is 0 Å². The van der Waals surface area contributed by atoms with Gasteiger partial charge in [0.2, 0.25) is 0 Å². The van der Waals surface area contributed by atoms with Crippen molar-refractivity contribution < 1.29 is 9.53 Å². The van der Waals surface area contributed by atoms with E-state index in [-0.39, 0.29) is 11.9 Å². The summed E-state index contributed by atoms with van der Waals surface area (Å²) in [7, 11) is 0. The van der Waals surface area contributed by atoms with Crippen LogP contribution in [0.4, 0.5) is 5.82 Å². The van der Waals surface area contributed by atoms with Crippen molar-refractivity contribution in [1.82, 2.24) is 9.97 Å². The van der Waals surface area contributed by atoms with Crippen molar-refractivity contribution in [1.29, 1.82) is 0 Å². The summed E-state index contributed by atoms with van der Waals surface area (Å²) in [6, 6.07) is 0.434. The Kier molecular flexibility index (Phi) is 11.1. The van der Waals surface area contributed by atoms with Gasteiger partial charge in [-0.1, -0.05) is 32.6 Å². The normalized spacial score (nSPS) is 10.7. The third-order valence-electron chi connectivity index (χ3n) is 4.76. The second-order valence-corrected chi connectivity index (χ2v) is 7.99. The van der Waals surface area contributed by atoms with Gasteiger partial charge in [0.1, 0.15) is 5.82 Å². The molecule has 0 unspecified atom stereocenters. The Bertz CT molecular complexity index is 753. The number of hydrogen-bond acceptors (Lipinski definition) is 5. The van der Waals surface area contributed by atoms with Gasteiger partial charge in [-0.15, -0.1) is 6.58 Å². The van der Waals surface area contributed by atoms with E-state index in [1.807, 2.05) is 13.8 Å². The number of anilines is 1. The van der Waals surface area contributed by atoms with Gasteiger partial charge >= 0.3 is 6.01 Å². The molecule has 1 rings (SSSR count). The van der Waals surface area contributed by atoms with Gasteiger partial charge in [-0.2, -0.15) is 9.97 Å². The number of carbonyl (C=O) groups excluding carboxylic acids is 1. The van der Waals surface area contributed by atoms with Crippen molar-refractivity contribution in [3.8, 4) is 6.01 Å². The number of ether oxygens (including phenoxy) is 1. The smallest absolute Gasteiger partial charge is 0.318 e. The van der Waals surface area contributed by atoms with Crippen molar-refractivity contribution in [3.05, 3.63) is 48.2 Å². The predicted molar refractivity (Wildman–Crippen MR) is 126 cm³/mol. The highest BCUT2D eigenvalue weighted by molar-refractivity contribution is 6.02. The zero-order chi connectivity index (χ0) is 22.7. The average molecular weight is 414 g/mol. The molecule has 1 heterocycles. The van der Waals surface area contributed by atoms with Crippen molar-refractivity contribution in [2.45, 2.75) is 79.2 Å². The molecule has 0 radical (unpaired) electrons. The highest BCUT2D eigenvalue weighted by atomic mass is 16.5. The molecule has 1 aromatic rings. The highest BCUT2D eigenvalue weighted by Gasteiger charge is 2.20. The van der Waals surface area contributed by atoms with Gasteiger partial charge < -0.3 is 9.64 Å². The highest BCUT2D eigenvalue weighted by Crippen LogP contribution is 2.27. The van der Waals surface area contributed by atoms with Crippen molar-refractivity contribution in [2.75, 3.05) is 18.0 Å². The zero-order valence-electron chi connectivity index (χ0n) is 19.6. The fraction of sp³-hybridized carbons (Fsp3) is 0.560. The minimum atomic E-state index is -0.0814.